The van der Waals surface area contributed by atoms with Crippen molar-refractivity contribution in [2.24, 2.45) is 0 Å². The van der Waals surface area contributed by atoms with Crippen molar-refractivity contribution in [2.75, 3.05) is 31.6 Å². The fraction of sp³-hybridized carbons (Fsp3) is 0.333. The molecule has 1 saturated heterocycles. The summed E-state index contributed by atoms with van der Waals surface area (Å²) in [7, 11) is 3.72. The van der Waals surface area contributed by atoms with E-state index in [9.17, 15) is 4.79 Å². The molecule has 1 fully saturated rings. The summed E-state index contributed by atoms with van der Waals surface area (Å²) < 4.78 is 14.1. The van der Waals surface area contributed by atoms with Crippen LogP contribution in [0.15, 0.2) is 67.0 Å². The van der Waals surface area contributed by atoms with Crippen molar-refractivity contribution in [3.05, 3.63) is 89.2 Å². The first-order valence-corrected chi connectivity index (χ1v) is 12.3. The highest BCUT2D eigenvalue weighted by atomic mass is 32.2. The maximum atomic E-state index is 13.2. The summed E-state index contributed by atoms with van der Waals surface area (Å²) in [5.41, 5.74) is 5.07. The number of hydrogen-bond donors (Lipinski definition) is 0. The van der Waals surface area contributed by atoms with E-state index in [2.05, 4.69) is 21.4 Å². The number of amides is 1. The minimum absolute atomic E-state index is 0.0265. The molecule has 6 nitrogen and oxygen atoms in total. The van der Waals surface area contributed by atoms with Crippen LogP contribution in [0.25, 0.3) is 0 Å². The zero-order chi connectivity index (χ0) is 24.1. The molecule has 0 spiro atoms. The quantitative estimate of drug-likeness (QED) is 0.430. The molecule has 2 heterocycles. The first-order valence-electron chi connectivity index (χ1n) is 11.4. The number of carbonyl (C=O) groups is 1. The number of aromatic nitrogens is 1. The second-order valence-corrected chi connectivity index (χ2v) is 9.68. The van der Waals surface area contributed by atoms with Crippen molar-refractivity contribution in [3.63, 3.8) is 0 Å². The topological polar surface area (TPSA) is 54.9 Å². The highest BCUT2D eigenvalue weighted by molar-refractivity contribution is 7.99. The molecule has 0 saturated carbocycles. The third kappa shape index (κ3) is 5.72. The van der Waals surface area contributed by atoms with Crippen molar-refractivity contribution in [3.8, 4) is 5.75 Å². The summed E-state index contributed by atoms with van der Waals surface area (Å²) in [6.45, 7) is 4.98. The van der Waals surface area contributed by atoms with Gasteiger partial charge in [0.05, 0.1) is 13.1 Å². The van der Waals surface area contributed by atoms with E-state index in [1.807, 2.05) is 68.3 Å². The number of anilines is 1. The number of nitrogens with zero attached hydrogens (tertiary/aromatic N) is 3. The highest BCUT2D eigenvalue weighted by Crippen LogP contribution is 2.27. The number of carbonyl (C=O) groups excluding carboxylic acids is 1. The zero-order valence-electron chi connectivity index (χ0n) is 20.1. The maximum absolute atomic E-state index is 13.2. The molecule has 4 rings (SSSR count). The van der Waals surface area contributed by atoms with Crippen LogP contribution in [-0.4, -0.2) is 55.2 Å². The number of rotatable bonds is 8. The van der Waals surface area contributed by atoms with E-state index in [-0.39, 0.29) is 18.1 Å². The molecule has 2 unspecified atom stereocenters. The Morgan fingerprint density at radius 2 is 1.85 bits per heavy atom. The minimum Gasteiger partial charge on any atom is -0.486 e. The molecule has 0 N–H and O–H groups in total. The molecule has 1 aliphatic rings. The van der Waals surface area contributed by atoms with Gasteiger partial charge in [-0.05, 0) is 67.3 Å². The van der Waals surface area contributed by atoms with E-state index in [0.29, 0.717) is 13.1 Å². The summed E-state index contributed by atoms with van der Waals surface area (Å²) in [6, 6.07) is 18.1. The van der Waals surface area contributed by atoms with Gasteiger partial charge in [-0.15, -0.1) is 0 Å². The molecular formula is C27H31N3O3S. The van der Waals surface area contributed by atoms with Crippen molar-refractivity contribution >= 4 is 23.5 Å². The second kappa shape index (κ2) is 10.9. The lowest BCUT2D eigenvalue weighted by Crippen LogP contribution is -2.32. The van der Waals surface area contributed by atoms with Crippen LogP contribution < -0.4 is 9.04 Å². The van der Waals surface area contributed by atoms with E-state index in [4.69, 9.17) is 9.47 Å². The Kier molecular flexibility index (Phi) is 7.75. The van der Waals surface area contributed by atoms with Crippen molar-refractivity contribution in [1.29, 1.82) is 0 Å². The molecule has 3 aromatic rings. The predicted octanol–water partition coefficient (Wildman–Crippen LogP) is 4.90. The van der Waals surface area contributed by atoms with Gasteiger partial charge < -0.3 is 18.7 Å². The third-order valence-corrected chi connectivity index (χ3v) is 7.13. The largest absolute Gasteiger partial charge is 0.486 e. The Balaban J connectivity index is 1.40. The number of benzene rings is 2. The molecule has 7 heteroatoms. The van der Waals surface area contributed by atoms with Gasteiger partial charge in [-0.25, -0.2) is 0 Å². The number of ether oxygens (including phenoxy) is 2. The average Bonchev–Trinajstić information content (AvgIpc) is 3.27. The lowest BCUT2D eigenvalue weighted by atomic mass is 10.0. The number of likely N-dealkylation sites (tertiary alicyclic amines) is 1. The Morgan fingerprint density at radius 1 is 1.09 bits per heavy atom. The van der Waals surface area contributed by atoms with E-state index in [1.54, 1.807) is 31.5 Å². The van der Waals surface area contributed by atoms with Crippen LogP contribution in [0.3, 0.4) is 0 Å². The molecule has 0 aliphatic carbocycles. The van der Waals surface area contributed by atoms with Gasteiger partial charge in [-0.3, -0.25) is 9.78 Å². The Bertz CT molecular complexity index is 1130. The Labute approximate surface area is 206 Å². The molecular weight excluding hydrogens is 446 g/mol. The molecule has 178 valence electrons. The Hall–Kier alpha value is -3.03. The number of pyridine rings is 1. The normalized spacial score (nSPS) is 17.6. The zero-order valence-corrected chi connectivity index (χ0v) is 20.9. The van der Waals surface area contributed by atoms with Crippen molar-refractivity contribution in [1.82, 2.24) is 9.88 Å². The first kappa shape index (κ1) is 24.1. The molecule has 1 aromatic heterocycles. The Morgan fingerprint density at radius 3 is 2.62 bits per heavy atom. The number of methoxy groups -OCH3 is 1. The van der Waals surface area contributed by atoms with Crippen LogP contribution in [-0.2, 0) is 10.5 Å². The van der Waals surface area contributed by atoms with Gasteiger partial charge in [0.25, 0.3) is 5.91 Å². The van der Waals surface area contributed by atoms with Gasteiger partial charge in [-0.2, -0.15) is 0 Å². The highest BCUT2D eigenvalue weighted by Gasteiger charge is 2.37. The van der Waals surface area contributed by atoms with Gasteiger partial charge in [-0.1, -0.05) is 29.8 Å². The van der Waals surface area contributed by atoms with Gasteiger partial charge in [0.1, 0.15) is 18.0 Å². The molecule has 1 aliphatic heterocycles. The van der Waals surface area contributed by atoms with Crippen LogP contribution in [0.2, 0.25) is 0 Å². The van der Waals surface area contributed by atoms with E-state index in [0.717, 1.165) is 33.9 Å². The molecule has 34 heavy (non-hydrogen) atoms. The fourth-order valence-electron chi connectivity index (χ4n) is 4.07. The molecule has 0 bridgehead atoms. The van der Waals surface area contributed by atoms with Gasteiger partial charge in [0.2, 0.25) is 0 Å². The smallest absolute Gasteiger partial charge is 0.254 e. The summed E-state index contributed by atoms with van der Waals surface area (Å²) >= 11 is 1.72. The van der Waals surface area contributed by atoms with Crippen LogP contribution in [0, 0.1) is 13.8 Å². The van der Waals surface area contributed by atoms with E-state index < -0.39 is 0 Å². The second-order valence-electron chi connectivity index (χ2n) is 8.58. The van der Waals surface area contributed by atoms with Crippen molar-refractivity contribution < 1.29 is 14.3 Å². The predicted molar refractivity (Wildman–Crippen MR) is 137 cm³/mol. The number of aryl methyl sites for hydroxylation is 2. The van der Waals surface area contributed by atoms with E-state index >= 15 is 0 Å². The van der Waals surface area contributed by atoms with Gasteiger partial charge in [0.15, 0.2) is 0 Å². The summed E-state index contributed by atoms with van der Waals surface area (Å²) in [4.78, 5) is 19.1. The summed E-state index contributed by atoms with van der Waals surface area (Å²) in [5.74, 6) is 1.63. The molecule has 2 aromatic carbocycles. The van der Waals surface area contributed by atoms with Crippen LogP contribution in [0.5, 0.6) is 5.75 Å². The molecule has 1 amide bonds. The van der Waals surface area contributed by atoms with E-state index in [1.165, 1.54) is 5.56 Å². The lowest BCUT2D eigenvalue weighted by molar-refractivity contribution is 0.0339. The van der Waals surface area contributed by atoms with Crippen LogP contribution in [0.4, 0.5) is 5.69 Å². The molecule has 0 radical (unpaired) electrons. The summed E-state index contributed by atoms with van der Waals surface area (Å²) in [5, 5.41) is 0. The third-order valence-electron chi connectivity index (χ3n) is 6.07. The maximum Gasteiger partial charge on any atom is 0.254 e. The van der Waals surface area contributed by atoms with Gasteiger partial charge in [0, 0.05) is 43.6 Å². The SMILES string of the molecule is COC1CN(C(=O)c2cc(C)ccc2C)CC1Oc1cccc(CSN(C)c2ccncc2)c1. The molecule has 2 atom stereocenters. The van der Waals surface area contributed by atoms with Gasteiger partial charge >= 0.3 is 0 Å². The monoisotopic (exact) mass is 477 g/mol. The standard InChI is InChI=1S/C27H31N3O3S/c1-19-8-9-20(2)24(14-19)27(31)30-16-25(32-4)26(17-30)33-23-7-5-6-21(15-23)18-34-29(3)22-10-12-28-13-11-22/h5-15,25-26H,16-18H2,1-4H3. The fourth-order valence-corrected chi connectivity index (χ4v) is 4.86. The van der Waals surface area contributed by atoms with Crippen LogP contribution >= 0.6 is 11.9 Å². The van der Waals surface area contributed by atoms with Crippen molar-refractivity contribution in [2.45, 2.75) is 31.8 Å². The number of hydrogen-bond acceptors (Lipinski definition) is 6. The average molecular weight is 478 g/mol. The summed E-state index contributed by atoms with van der Waals surface area (Å²) in [6.07, 6.45) is 3.19. The minimum atomic E-state index is -0.221. The first-order chi connectivity index (χ1) is 16.4. The lowest BCUT2D eigenvalue weighted by Gasteiger charge is -2.20. The van der Waals surface area contributed by atoms with Crippen LogP contribution in [0.1, 0.15) is 27.0 Å².